The van der Waals surface area contributed by atoms with Crippen LogP contribution in [0.2, 0.25) is 0 Å². The van der Waals surface area contributed by atoms with Crippen molar-refractivity contribution in [2.24, 2.45) is 23.2 Å². The molecule has 4 fully saturated rings. The van der Waals surface area contributed by atoms with E-state index in [1.807, 2.05) is 0 Å². The molecule has 4 aliphatic rings. The molecule has 2 nitrogen and oxygen atoms in total. The van der Waals surface area contributed by atoms with Gasteiger partial charge in [0.1, 0.15) is 0 Å². The minimum Gasteiger partial charge on any atom is -0.395 e. The molecule has 0 radical (unpaired) electrons. The first-order chi connectivity index (χ1) is 8.73. The topological polar surface area (TPSA) is 23.5 Å². The van der Waals surface area contributed by atoms with E-state index in [9.17, 15) is 0 Å². The van der Waals surface area contributed by atoms with Crippen LogP contribution in [0, 0.1) is 23.2 Å². The van der Waals surface area contributed by atoms with Gasteiger partial charge in [0.25, 0.3) is 0 Å². The second-order valence-electron chi connectivity index (χ2n) is 7.33. The Morgan fingerprint density at radius 1 is 1.00 bits per heavy atom. The van der Waals surface area contributed by atoms with Crippen molar-refractivity contribution in [2.45, 2.75) is 51.9 Å². The monoisotopic (exact) mass is 251 g/mol. The average molecular weight is 251 g/mol. The van der Waals surface area contributed by atoms with Crippen molar-refractivity contribution in [2.75, 3.05) is 26.2 Å². The molecule has 0 heterocycles. The minimum absolute atomic E-state index is 0.314. The van der Waals surface area contributed by atoms with Crippen molar-refractivity contribution in [1.29, 1.82) is 0 Å². The second-order valence-corrected chi connectivity index (χ2v) is 7.33. The molecule has 104 valence electrons. The van der Waals surface area contributed by atoms with Crippen molar-refractivity contribution in [3.8, 4) is 0 Å². The molecule has 4 aliphatic carbocycles. The number of hydrogen-bond donors (Lipinski definition) is 1. The molecule has 0 spiro atoms. The third-order valence-electron chi connectivity index (χ3n) is 5.99. The lowest BCUT2D eigenvalue weighted by Crippen LogP contribution is -2.47. The molecule has 0 saturated heterocycles. The Balaban J connectivity index is 1.58. The molecular formula is C16H29NO. The Kier molecular flexibility index (Phi) is 3.68. The normalized spacial score (nSPS) is 41.8. The van der Waals surface area contributed by atoms with E-state index in [2.05, 4.69) is 11.8 Å². The smallest absolute Gasteiger partial charge is 0.0558 e. The Hall–Kier alpha value is -0.0800. The van der Waals surface area contributed by atoms with Gasteiger partial charge >= 0.3 is 0 Å². The van der Waals surface area contributed by atoms with E-state index in [0.717, 1.165) is 30.8 Å². The van der Waals surface area contributed by atoms with Crippen LogP contribution in [0.15, 0.2) is 0 Å². The summed E-state index contributed by atoms with van der Waals surface area (Å²) in [7, 11) is 0. The summed E-state index contributed by atoms with van der Waals surface area (Å²) >= 11 is 0. The van der Waals surface area contributed by atoms with E-state index < -0.39 is 0 Å². The van der Waals surface area contributed by atoms with Gasteiger partial charge in [0.05, 0.1) is 6.61 Å². The van der Waals surface area contributed by atoms with Crippen molar-refractivity contribution in [3.05, 3.63) is 0 Å². The van der Waals surface area contributed by atoms with E-state index in [1.54, 1.807) is 19.3 Å². The molecule has 4 saturated carbocycles. The fourth-order valence-electron chi connectivity index (χ4n) is 5.56. The van der Waals surface area contributed by atoms with Crippen LogP contribution in [0.3, 0.4) is 0 Å². The lowest BCUT2D eigenvalue weighted by atomic mass is 9.49. The molecule has 0 unspecified atom stereocenters. The van der Waals surface area contributed by atoms with Crippen LogP contribution in [0.25, 0.3) is 0 Å². The highest BCUT2D eigenvalue weighted by molar-refractivity contribution is 5.01. The van der Waals surface area contributed by atoms with Gasteiger partial charge < -0.3 is 10.0 Å². The van der Waals surface area contributed by atoms with Crippen molar-refractivity contribution < 1.29 is 5.11 Å². The lowest BCUT2D eigenvalue weighted by molar-refractivity contribution is -0.0611. The van der Waals surface area contributed by atoms with Crippen LogP contribution in [0.4, 0.5) is 0 Å². The molecule has 0 aromatic rings. The fraction of sp³-hybridized carbons (Fsp3) is 1.00. The summed E-state index contributed by atoms with van der Waals surface area (Å²) in [5.74, 6) is 3.22. The van der Waals surface area contributed by atoms with Gasteiger partial charge in [0, 0.05) is 6.54 Å². The Morgan fingerprint density at radius 3 is 2.00 bits per heavy atom. The van der Waals surface area contributed by atoms with Gasteiger partial charge in [-0.15, -0.1) is 0 Å². The van der Waals surface area contributed by atoms with Crippen LogP contribution in [0.5, 0.6) is 0 Å². The Morgan fingerprint density at radius 2 is 1.56 bits per heavy atom. The Bertz CT molecular complexity index is 254. The standard InChI is InChI=1S/C16H29NO/c1-2-17(5-6-18)4-3-16-10-13-7-14(11-16)9-15(8-13)12-16/h13-15,18H,2-12H2,1H3. The maximum Gasteiger partial charge on any atom is 0.0558 e. The molecule has 0 aromatic carbocycles. The van der Waals surface area contributed by atoms with E-state index in [4.69, 9.17) is 5.11 Å². The van der Waals surface area contributed by atoms with Crippen LogP contribution in [0.1, 0.15) is 51.9 Å². The zero-order valence-corrected chi connectivity index (χ0v) is 11.9. The molecule has 4 bridgehead atoms. The predicted molar refractivity (Wildman–Crippen MR) is 74.4 cm³/mol. The molecule has 1 N–H and O–H groups in total. The highest BCUT2D eigenvalue weighted by atomic mass is 16.3. The molecule has 2 heteroatoms. The summed E-state index contributed by atoms with van der Waals surface area (Å²) in [4.78, 5) is 2.43. The van der Waals surface area contributed by atoms with Crippen molar-refractivity contribution in [1.82, 2.24) is 4.90 Å². The quantitative estimate of drug-likeness (QED) is 0.784. The lowest BCUT2D eigenvalue weighted by Gasteiger charge is -2.57. The molecule has 4 rings (SSSR count). The summed E-state index contributed by atoms with van der Waals surface area (Å²) in [6.45, 7) is 5.70. The number of likely N-dealkylation sites (N-methyl/N-ethyl adjacent to an activating group) is 1. The van der Waals surface area contributed by atoms with Crippen LogP contribution in [-0.4, -0.2) is 36.2 Å². The molecule has 0 amide bonds. The highest BCUT2D eigenvalue weighted by Crippen LogP contribution is 2.61. The number of aliphatic hydroxyl groups excluding tert-OH is 1. The third-order valence-corrected chi connectivity index (χ3v) is 5.99. The van der Waals surface area contributed by atoms with Gasteiger partial charge in [-0.1, -0.05) is 6.92 Å². The third kappa shape index (κ3) is 2.46. The first-order valence-electron chi connectivity index (χ1n) is 8.06. The largest absolute Gasteiger partial charge is 0.395 e. The van der Waals surface area contributed by atoms with Gasteiger partial charge in [-0.25, -0.2) is 0 Å². The second kappa shape index (κ2) is 5.13. The summed E-state index contributed by atoms with van der Waals surface area (Å²) < 4.78 is 0. The van der Waals surface area contributed by atoms with E-state index in [1.165, 1.54) is 32.2 Å². The molecule has 0 aliphatic heterocycles. The van der Waals surface area contributed by atoms with Gasteiger partial charge in [0.2, 0.25) is 0 Å². The maximum absolute atomic E-state index is 9.09. The molecule has 0 aromatic heterocycles. The van der Waals surface area contributed by atoms with E-state index in [-0.39, 0.29) is 0 Å². The van der Waals surface area contributed by atoms with Gasteiger partial charge in [0.15, 0.2) is 0 Å². The first-order valence-corrected chi connectivity index (χ1v) is 8.06. The number of aliphatic hydroxyl groups is 1. The van der Waals surface area contributed by atoms with Gasteiger partial charge in [-0.2, -0.15) is 0 Å². The molecular weight excluding hydrogens is 222 g/mol. The highest BCUT2D eigenvalue weighted by Gasteiger charge is 2.50. The van der Waals surface area contributed by atoms with Crippen LogP contribution < -0.4 is 0 Å². The van der Waals surface area contributed by atoms with Crippen LogP contribution in [-0.2, 0) is 0 Å². The maximum atomic E-state index is 9.09. The summed E-state index contributed by atoms with van der Waals surface area (Å²) in [5.41, 5.74) is 0.706. The summed E-state index contributed by atoms with van der Waals surface area (Å²) in [6, 6.07) is 0. The van der Waals surface area contributed by atoms with Gasteiger partial charge in [-0.3, -0.25) is 0 Å². The zero-order valence-electron chi connectivity index (χ0n) is 11.9. The van der Waals surface area contributed by atoms with Gasteiger partial charge in [-0.05, 0) is 81.2 Å². The molecule has 0 atom stereocenters. The zero-order chi connectivity index (χ0) is 12.6. The predicted octanol–water partition coefficient (Wildman–Crippen LogP) is 2.91. The van der Waals surface area contributed by atoms with Crippen molar-refractivity contribution in [3.63, 3.8) is 0 Å². The van der Waals surface area contributed by atoms with Crippen molar-refractivity contribution >= 4 is 0 Å². The van der Waals surface area contributed by atoms with E-state index >= 15 is 0 Å². The average Bonchev–Trinajstić information content (AvgIpc) is 2.33. The molecule has 18 heavy (non-hydrogen) atoms. The minimum atomic E-state index is 0.314. The number of nitrogens with zero attached hydrogens (tertiary/aromatic N) is 1. The summed E-state index contributed by atoms with van der Waals surface area (Å²) in [6.07, 6.45) is 10.6. The number of rotatable bonds is 6. The summed E-state index contributed by atoms with van der Waals surface area (Å²) in [5, 5.41) is 9.09. The van der Waals surface area contributed by atoms with E-state index in [0.29, 0.717) is 12.0 Å². The first kappa shape index (κ1) is 12.9. The Labute approximate surface area is 112 Å². The number of hydrogen-bond acceptors (Lipinski definition) is 2. The SMILES string of the molecule is CCN(CCO)CCC12CC3CC(CC(C3)C1)C2. The van der Waals surface area contributed by atoms with Crippen LogP contribution >= 0.6 is 0 Å². The fourth-order valence-corrected chi connectivity index (χ4v) is 5.56.